The second kappa shape index (κ2) is 9.14. The van der Waals surface area contributed by atoms with Crippen molar-refractivity contribution in [2.24, 2.45) is 5.92 Å². The van der Waals surface area contributed by atoms with Crippen molar-refractivity contribution in [3.05, 3.63) is 58.9 Å². The van der Waals surface area contributed by atoms with E-state index in [-0.39, 0.29) is 23.6 Å². The predicted molar refractivity (Wildman–Crippen MR) is 117 cm³/mol. The lowest BCUT2D eigenvalue weighted by Gasteiger charge is -2.39. The number of urea groups is 1. The van der Waals surface area contributed by atoms with Gasteiger partial charge in [-0.15, -0.1) is 0 Å². The van der Waals surface area contributed by atoms with Gasteiger partial charge in [-0.05, 0) is 55.2 Å². The number of halogens is 2. The summed E-state index contributed by atoms with van der Waals surface area (Å²) in [7, 11) is 1.49. The molecule has 1 aliphatic carbocycles. The summed E-state index contributed by atoms with van der Waals surface area (Å²) in [4.78, 5) is 27.1. The average molecular weight is 446 g/mol. The Kier molecular flexibility index (Phi) is 6.32. The summed E-state index contributed by atoms with van der Waals surface area (Å²) in [5, 5.41) is 6.30. The second-order valence-corrected chi connectivity index (χ2v) is 8.49. The fraction of sp³-hybridized carbons (Fsp3) is 0.391. The van der Waals surface area contributed by atoms with Gasteiger partial charge in [-0.2, -0.15) is 0 Å². The van der Waals surface area contributed by atoms with Gasteiger partial charge in [0.05, 0.1) is 13.2 Å². The van der Waals surface area contributed by atoms with E-state index < -0.39 is 12.1 Å². The van der Waals surface area contributed by atoms with E-state index in [1.54, 1.807) is 41.3 Å². The lowest BCUT2D eigenvalue weighted by atomic mass is 9.84. The minimum Gasteiger partial charge on any atom is -0.497 e. The molecule has 3 amide bonds. The molecule has 164 valence electrons. The molecule has 2 aliphatic rings. The maximum atomic E-state index is 14.8. The van der Waals surface area contributed by atoms with Crippen LogP contribution in [0.15, 0.2) is 42.5 Å². The van der Waals surface area contributed by atoms with Crippen molar-refractivity contribution in [3.63, 3.8) is 0 Å². The Balaban J connectivity index is 1.52. The van der Waals surface area contributed by atoms with Gasteiger partial charge in [0, 0.05) is 41.7 Å². The van der Waals surface area contributed by atoms with Gasteiger partial charge >= 0.3 is 6.03 Å². The molecule has 0 bridgehead atoms. The molecule has 4 rings (SSSR count). The van der Waals surface area contributed by atoms with Gasteiger partial charge in [0.25, 0.3) is 0 Å². The fourth-order valence-electron chi connectivity index (χ4n) is 4.06. The van der Waals surface area contributed by atoms with Crippen molar-refractivity contribution in [1.29, 1.82) is 0 Å². The molecular formula is C23H25ClFN3O3. The van der Waals surface area contributed by atoms with E-state index in [1.807, 2.05) is 0 Å². The molecule has 2 aromatic rings. The number of nitrogens with zero attached hydrogens (tertiary/aromatic N) is 1. The van der Waals surface area contributed by atoms with Gasteiger partial charge in [0.2, 0.25) is 5.91 Å². The highest BCUT2D eigenvalue weighted by Gasteiger charge is 2.39. The third-order valence-electron chi connectivity index (χ3n) is 5.88. The number of hydrogen-bond acceptors (Lipinski definition) is 3. The molecule has 1 aliphatic heterocycles. The van der Waals surface area contributed by atoms with Crippen LogP contribution in [0.2, 0.25) is 5.02 Å². The number of hydrogen-bond donors (Lipinski definition) is 2. The molecule has 2 atom stereocenters. The van der Waals surface area contributed by atoms with E-state index in [2.05, 4.69) is 10.6 Å². The Labute approximate surface area is 185 Å². The third kappa shape index (κ3) is 5.10. The lowest BCUT2D eigenvalue weighted by Crippen LogP contribution is -2.54. The summed E-state index contributed by atoms with van der Waals surface area (Å²) in [6.45, 7) is 0.891. The highest BCUT2D eigenvalue weighted by Crippen LogP contribution is 2.36. The number of likely N-dealkylation sites (tertiary alicyclic amines) is 1. The molecule has 1 saturated carbocycles. The van der Waals surface area contributed by atoms with E-state index in [9.17, 15) is 14.0 Å². The molecule has 2 fully saturated rings. The minimum absolute atomic E-state index is 0.0952. The maximum absolute atomic E-state index is 14.8. The summed E-state index contributed by atoms with van der Waals surface area (Å²) in [6, 6.07) is 10.7. The van der Waals surface area contributed by atoms with E-state index in [4.69, 9.17) is 16.3 Å². The van der Waals surface area contributed by atoms with E-state index >= 15 is 0 Å². The fourth-order valence-corrected chi connectivity index (χ4v) is 4.19. The molecule has 0 aromatic heterocycles. The summed E-state index contributed by atoms with van der Waals surface area (Å²) >= 11 is 5.89. The predicted octanol–water partition coefficient (Wildman–Crippen LogP) is 4.40. The maximum Gasteiger partial charge on any atom is 0.319 e. The van der Waals surface area contributed by atoms with Crippen LogP contribution < -0.4 is 15.4 Å². The number of ether oxygens (including phenoxy) is 1. The molecule has 1 saturated heterocycles. The van der Waals surface area contributed by atoms with Crippen LogP contribution in [0.5, 0.6) is 5.75 Å². The molecule has 2 N–H and O–H groups in total. The van der Waals surface area contributed by atoms with Crippen LogP contribution in [0.4, 0.5) is 14.9 Å². The Morgan fingerprint density at radius 2 is 1.87 bits per heavy atom. The van der Waals surface area contributed by atoms with Gasteiger partial charge < -0.3 is 20.3 Å². The zero-order valence-electron chi connectivity index (χ0n) is 17.2. The van der Waals surface area contributed by atoms with Gasteiger partial charge in [-0.3, -0.25) is 4.79 Å². The number of anilines is 1. The van der Waals surface area contributed by atoms with Crippen LogP contribution in [-0.2, 0) is 4.79 Å². The normalized spacial score (nSPS) is 20.8. The number of rotatable bonds is 5. The second-order valence-electron chi connectivity index (χ2n) is 8.05. The Bertz CT molecular complexity index is 965. The third-order valence-corrected chi connectivity index (χ3v) is 6.13. The van der Waals surface area contributed by atoms with Crippen molar-refractivity contribution in [2.75, 3.05) is 25.5 Å². The van der Waals surface area contributed by atoms with Crippen molar-refractivity contribution in [2.45, 2.75) is 31.2 Å². The van der Waals surface area contributed by atoms with Gasteiger partial charge in [0.15, 0.2) is 0 Å². The SMILES string of the molecule is COc1ccc([C@H]2CCN(C(=O)C3CC3)C[C@@H]2NC(=O)Nc2ccc(Cl)cc2)c(F)c1. The van der Waals surface area contributed by atoms with Crippen LogP contribution in [-0.4, -0.2) is 43.1 Å². The van der Waals surface area contributed by atoms with Crippen molar-refractivity contribution >= 4 is 29.2 Å². The average Bonchev–Trinajstić information content (AvgIpc) is 3.60. The largest absolute Gasteiger partial charge is 0.497 e. The monoisotopic (exact) mass is 445 g/mol. The first-order valence-electron chi connectivity index (χ1n) is 10.4. The Hall–Kier alpha value is -2.80. The molecular weight excluding hydrogens is 421 g/mol. The topological polar surface area (TPSA) is 70.7 Å². The van der Waals surface area contributed by atoms with Gasteiger partial charge in [-0.25, -0.2) is 9.18 Å². The number of methoxy groups -OCH3 is 1. The number of nitrogens with one attached hydrogen (secondary N) is 2. The smallest absolute Gasteiger partial charge is 0.319 e. The van der Waals surface area contributed by atoms with E-state index in [0.29, 0.717) is 41.5 Å². The summed E-state index contributed by atoms with van der Waals surface area (Å²) in [6.07, 6.45) is 2.40. The van der Waals surface area contributed by atoms with Gasteiger partial charge in [-0.1, -0.05) is 17.7 Å². The molecule has 8 heteroatoms. The molecule has 0 unspecified atom stereocenters. The number of amides is 3. The van der Waals surface area contributed by atoms with Crippen molar-refractivity contribution in [1.82, 2.24) is 10.2 Å². The Morgan fingerprint density at radius 3 is 2.52 bits per heavy atom. The first-order chi connectivity index (χ1) is 14.9. The summed E-state index contributed by atoms with van der Waals surface area (Å²) < 4.78 is 19.9. The van der Waals surface area contributed by atoms with Crippen LogP contribution in [0.25, 0.3) is 0 Å². The molecule has 6 nitrogen and oxygen atoms in total. The molecule has 0 radical (unpaired) electrons. The molecule has 31 heavy (non-hydrogen) atoms. The van der Waals surface area contributed by atoms with E-state index in [0.717, 1.165) is 12.8 Å². The Morgan fingerprint density at radius 1 is 1.13 bits per heavy atom. The zero-order valence-corrected chi connectivity index (χ0v) is 18.0. The highest BCUT2D eigenvalue weighted by atomic mass is 35.5. The summed E-state index contributed by atoms with van der Waals surface area (Å²) in [5.74, 6) is 0.0188. The molecule has 0 spiro atoms. The van der Waals surface area contributed by atoms with Crippen LogP contribution in [0, 0.1) is 11.7 Å². The standard InChI is InChI=1S/C23H25ClFN3O3/c1-31-17-8-9-18(20(25)12-17)19-10-11-28(22(29)14-2-3-14)13-21(19)27-23(30)26-16-6-4-15(24)5-7-16/h4-9,12,14,19,21H,2-3,10-11,13H2,1H3,(H2,26,27,30)/t19-,21+/m1/s1. The van der Waals surface area contributed by atoms with Crippen LogP contribution in [0.1, 0.15) is 30.7 Å². The van der Waals surface area contributed by atoms with E-state index in [1.165, 1.54) is 13.2 Å². The number of carbonyl (C=O) groups is 2. The number of carbonyl (C=O) groups excluding carboxylic acids is 2. The minimum atomic E-state index is -0.424. The molecule has 2 aromatic carbocycles. The zero-order chi connectivity index (χ0) is 22.0. The van der Waals surface area contributed by atoms with Gasteiger partial charge in [0.1, 0.15) is 11.6 Å². The van der Waals surface area contributed by atoms with Crippen LogP contribution >= 0.6 is 11.6 Å². The number of benzene rings is 2. The summed E-state index contributed by atoms with van der Waals surface area (Å²) in [5.41, 5.74) is 1.10. The quantitative estimate of drug-likeness (QED) is 0.716. The highest BCUT2D eigenvalue weighted by molar-refractivity contribution is 6.30. The molecule has 1 heterocycles. The lowest BCUT2D eigenvalue weighted by molar-refractivity contribution is -0.134. The van der Waals surface area contributed by atoms with Crippen LogP contribution in [0.3, 0.4) is 0 Å². The van der Waals surface area contributed by atoms with Crippen molar-refractivity contribution < 1.29 is 18.7 Å². The first kappa shape index (κ1) is 21.4. The first-order valence-corrected chi connectivity index (χ1v) is 10.8. The number of piperidine rings is 1. The van der Waals surface area contributed by atoms with Crippen molar-refractivity contribution in [3.8, 4) is 5.75 Å².